The average Bonchev–Trinajstić information content (AvgIpc) is 2.70. The number of hydrogen-bond acceptors (Lipinski definition) is 7. The number of anilines is 4. The van der Waals surface area contributed by atoms with Crippen LogP contribution in [0, 0.1) is 0 Å². The summed E-state index contributed by atoms with van der Waals surface area (Å²) in [6.07, 6.45) is 1.35. The highest BCUT2D eigenvalue weighted by atomic mass is 79.9. The van der Waals surface area contributed by atoms with Crippen molar-refractivity contribution in [3.63, 3.8) is 0 Å². The Morgan fingerprint density at radius 1 is 1.04 bits per heavy atom. The zero-order chi connectivity index (χ0) is 19.2. The average molecular weight is 429 g/mol. The first-order valence-corrected chi connectivity index (χ1v) is 8.69. The molecule has 5 N–H and O–H groups in total. The first-order valence-electron chi connectivity index (χ1n) is 7.90. The van der Waals surface area contributed by atoms with Crippen molar-refractivity contribution >= 4 is 44.8 Å². The van der Waals surface area contributed by atoms with Gasteiger partial charge in [-0.1, -0.05) is 15.9 Å². The third-order valence-corrected chi connectivity index (χ3v) is 4.17. The Hall–Kier alpha value is -3.33. The third-order valence-electron chi connectivity index (χ3n) is 3.64. The number of ether oxygens (including phenoxy) is 1. The van der Waals surface area contributed by atoms with Crippen LogP contribution in [0.2, 0.25) is 0 Å². The molecule has 0 aliphatic heterocycles. The van der Waals surface area contributed by atoms with E-state index in [0.717, 1.165) is 10.2 Å². The summed E-state index contributed by atoms with van der Waals surface area (Å²) in [6.45, 7) is 0. The zero-order valence-corrected chi connectivity index (χ0v) is 15.9. The predicted molar refractivity (Wildman–Crippen MR) is 108 cm³/mol. The highest BCUT2D eigenvalue weighted by molar-refractivity contribution is 9.10. The molecule has 0 atom stereocenters. The number of aromatic nitrogens is 2. The summed E-state index contributed by atoms with van der Waals surface area (Å²) >= 11 is 3.38. The molecule has 0 unspecified atom stereocenters. The molecule has 3 aromatic rings. The van der Waals surface area contributed by atoms with Gasteiger partial charge in [0.15, 0.2) is 11.6 Å². The van der Waals surface area contributed by atoms with Crippen molar-refractivity contribution < 1.29 is 9.53 Å². The van der Waals surface area contributed by atoms with Gasteiger partial charge in [-0.15, -0.1) is 0 Å². The lowest BCUT2D eigenvalue weighted by Gasteiger charge is -2.13. The molecule has 0 aliphatic carbocycles. The number of rotatable bonds is 6. The van der Waals surface area contributed by atoms with Crippen LogP contribution in [0.1, 0.15) is 10.4 Å². The molecule has 9 heteroatoms. The van der Waals surface area contributed by atoms with Gasteiger partial charge < -0.3 is 15.8 Å². The minimum Gasteiger partial charge on any atom is -0.497 e. The van der Waals surface area contributed by atoms with E-state index in [-0.39, 0.29) is 17.4 Å². The predicted octanol–water partition coefficient (Wildman–Crippen LogP) is 3.33. The van der Waals surface area contributed by atoms with Gasteiger partial charge in [0.2, 0.25) is 0 Å². The molecule has 1 amide bonds. The van der Waals surface area contributed by atoms with E-state index in [9.17, 15) is 4.79 Å². The number of carbonyl (C=O) groups is 1. The summed E-state index contributed by atoms with van der Waals surface area (Å²) in [5.74, 6) is 1.04. The number of hydrogen-bond donors (Lipinski definition) is 4. The van der Waals surface area contributed by atoms with Crippen molar-refractivity contribution in [2.45, 2.75) is 0 Å². The van der Waals surface area contributed by atoms with E-state index < -0.39 is 0 Å². The Morgan fingerprint density at radius 2 is 1.70 bits per heavy atom. The Bertz CT molecular complexity index is 932. The van der Waals surface area contributed by atoms with Crippen molar-refractivity contribution in [3.8, 4) is 5.75 Å². The minimum atomic E-state index is -0.335. The minimum absolute atomic E-state index is 0.274. The van der Waals surface area contributed by atoms with Crippen molar-refractivity contribution in [1.29, 1.82) is 0 Å². The van der Waals surface area contributed by atoms with Crippen molar-refractivity contribution in [1.82, 2.24) is 15.4 Å². The van der Waals surface area contributed by atoms with Crippen LogP contribution >= 0.6 is 15.9 Å². The number of methoxy groups -OCH3 is 1. The quantitative estimate of drug-likeness (QED) is 0.445. The number of nitrogens with one attached hydrogen (secondary N) is 3. The number of halogens is 1. The Morgan fingerprint density at radius 3 is 2.37 bits per heavy atom. The lowest BCUT2D eigenvalue weighted by atomic mass is 10.2. The molecule has 0 saturated heterocycles. The van der Waals surface area contributed by atoms with Crippen molar-refractivity contribution in [2.75, 3.05) is 23.6 Å². The van der Waals surface area contributed by atoms with Crippen molar-refractivity contribution in [2.24, 2.45) is 0 Å². The summed E-state index contributed by atoms with van der Waals surface area (Å²) in [7, 11) is 1.56. The van der Waals surface area contributed by atoms with Gasteiger partial charge in [0.1, 0.15) is 17.8 Å². The number of carbonyl (C=O) groups excluding carboxylic acids is 1. The lowest BCUT2D eigenvalue weighted by molar-refractivity contribution is 0.0962. The molecule has 2 aromatic carbocycles. The van der Waals surface area contributed by atoms with Gasteiger partial charge in [0, 0.05) is 15.7 Å². The molecule has 27 heavy (non-hydrogen) atoms. The molecule has 0 spiro atoms. The molecule has 1 heterocycles. The smallest absolute Gasteiger partial charge is 0.269 e. The maximum Gasteiger partial charge on any atom is 0.269 e. The van der Waals surface area contributed by atoms with Crippen LogP contribution in [-0.4, -0.2) is 23.0 Å². The summed E-state index contributed by atoms with van der Waals surface area (Å²) in [5.41, 5.74) is 12.9. The van der Waals surface area contributed by atoms with Crippen LogP contribution in [0.25, 0.3) is 0 Å². The van der Waals surface area contributed by atoms with Crippen LogP contribution in [0.3, 0.4) is 0 Å². The van der Waals surface area contributed by atoms with E-state index in [2.05, 4.69) is 42.1 Å². The van der Waals surface area contributed by atoms with Gasteiger partial charge in [-0.2, -0.15) is 0 Å². The third kappa shape index (κ3) is 4.64. The van der Waals surface area contributed by atoms with Gasteiger partial charge in [-0.05, 0) is 48.5 Å². The van der Waals surface area contributed by atoms with E-state index in [1.54, 1.807) is 31.4 Å². The highest BCUT2D eigenvalue weighted by Gasteiger charge is 2.10. The standard InChI is InChI=1S/C18H17BrN6O2/c1-27-14-8-2-11(3-9-14)18(26)25-24-17-15(20)16(21-10-22-17)23-13-6-4-12(19)5-7-13/h2-10H,20H2,1H3,(H,25,26)(H2,21,22,23,24). The number of nitrogens with two attached hydrogens (primary N) is 1. The second-order valence-corrected chi connectivity index (χ2v) is 6.34. The fraction of sp³-hybridized carbons (Fsp3) is 0.0556. The Labute approximate surface area is 164 Å². The van der Waals surface area contributed by atoms with Crippen LogP contribution in [0.5, 0.6) is 5.75 Å². The second kappa shape index (κ2) is 8.37. The Kier molecular flexibility index (Phi) is 5.72. The summed E-state index contributed by atoms with van der Waals surface area (Å²) in [5, 5.41) is 3.11. The summed E-state index contributed by atoms with van der Waals surface area (Å²) < 4.78 is 6.04. The van der Waals surface area contributed by atoms with E-state index >= 15 is 0 Å². The van der Waals surface area contributed by atoms with Crippen LogP contribution in [-0.2, 0) is 0 Å². The molecular formula is C18H17BrN6O2. The molecule has 0 bridgehead atoms. The topological polar surface area (TPSA) is 114 Å². The van der Waals surface area contributed by atoms with Gasteiger partial charge in [0.25, 0.3) is 5.91 Å². The molecule has 0 aliphatic rings. The first-order chi connectivity index (χ1) is 13.1. The van der Waals surface area contributed by atoms with E-state index in [4.69, 9.17) is 10.5 Å². The molecule has 3 rings (SSSR count). The largest absolute Gasteiger partial charge is 0.497 e. The van der Waals surface area contributed by atoms with E-state index in [0.29, 0.717) is 17.1 Å². The maximum absolute atomic E-state index is 12.2. The highest BCUT2D eigenvalue weighted by Crippen LogP contribution is 2.26. The monoisotopic (exact) mass is 428 g/mol. The summed E-state index contributed by atoms with van der Waals surface area (Å²) in [4.78, 5) is 20.4. The SMILES string of the molecule is COc1ccc(C(=O)NNc2ncnc(Nc3ccc(Br)cc3)c2N)cc1. The van der Waals surface area contributed by atoms with E-state index in [1.165, 1.54) is 6.33 Å². The molecule has 0 saturated carbocycles. The number of hydrazine groups is 1. The molecular weight excluding hydrogens is 412 g/mol. The maximum atomic E-state index is 12.2. The van der Waals surface area contributed by atoms with Gasteiger partial charge in [-0.3, -0.25) is 15.6 Å². The zero-order valence-electron chi connectivity index (χ0n) is 14.4. The van der Waals surface area contributed by atoms with Gasteiger partial charge in [0.05, 0.1) is 7.11 Å². The normalized spacial score (nSPS) is 10.1. The van der Waals surface area contributed by atoms with E-state index in [1.807, 2.05) is 24.3 Å². The molecule has 1 aromatic heterocycles. The molecule has 0 radical (unpaired) electrons. The molecule has 8 nitrogen and oxygen atoms in total. The van der Waals surface area contributed by atoms with Crippen molar-refractivity contribution in [3.05, 3.63) is 64.9 Å². The summed E-state index contributed by atoms with van der Waals surface area (Å²) in [6, 6.07) is 14.3. The number of amides is 1. The van der Waals surface area contributed by atoms with Gasteiger partial charge >= 0.3 is 0 Å². The fourth-order valence-corrected chi connectivity index (χ4v) is 2.46. The number of nitrogens with zero attached hydrogens (tertiary/aromatic N) is 2. The Balaban J connectivity index is 1.68. The molecule has 0 fully saturated rings. The number of benzene rings is 2. The van der Waals surface area contributed by atoms with Crippen LogP contribution in [0.4, 0.5) is 23.0 Å². The fourth-order valence-electron chi connectivity index (χ4n) is 2.20. The second-order valence-electron chi connectivity index (χ2n) is 5.42. The first kappa shape index (κ1) is 18.5. The number of nitrogen functional groups attached to an aromatic ring is 1. The van der Waals surface area contributed by atoms with Crippen LogP contribution in [0.15, 0.2) is 59.3 Å². The molecule has 138 valence electrons. The van der Waals surface area contributed by atoms with Gasteiger partial charge in [-0.25, -0.2) is 9.97 Å². The van der Waals surface area contributed by atoms with Crippen LogP contribution < -0.4 is 26.6 Å². The lowest BCUT2D eigenvalue weighted by Crippen LogP contribution is -2.30.